The number of rotatable bonds is 2. The monoisotopic (exact) mass is 266 g/mol. The number of anilines is 3. The van der Waals surface area contributed by atoms with Crippen LogP contribution in [0.2, 0.25) is 10.0 Å². The highest BCUT2D eigenvalue weighted by atomic mass is 35.5. The number of hydrogen-bond acceptors (Lipinski definition) is 2. The van der Waals surface area contributed by atoms with E-state index in [1.165, 1.54) is 0 Å². The molecule has 0 radical (unpaired) electrons. The average molecular weight is 267 g/mol. The van der Waals surface area contributed by atoms with Crippen LogP contribution in [0.3, 0.4) is 0 Å². The van der Waals surface area contributed by atoms with Crippen LogP contribution in [0.5, 0.6) is 0 Å². The molecule has 0 spiro atoms. The molecule has 2 nitrogen and oxygen atoms in total. The molecule has 0 amide bonds. The van der Waals surface area contributed by atoms with E-state index in [-0.39, 0.29) is 0 Å². The average Bonchev–Trinajstić information content (AvgIpc) is 2.26. The third kappa shape index (κ3) is 2.84. The zero-order chi connectivity index (χ0) is 12.4. The second-order valence-electron chi connectivity index (χ2n) is 3.83. The number of nitrogens with two attached hydrogens (primary N) is 1. The highest BCUT2D eigenvalue weighted by Crippen LogP contribution is 2.31. The first-order valence-corrected chi connectivity index (χ1v) is 5.90. The SMILES string of the molecule is Cc1cc(Cl)c(Nc2cccc(N)c2)cc1Cl. The van der Waals surface area contributed by atoms with Crippen LogP contribution in [0, 0.1) is 6.92 Å². The van der Waals surface area contributed by atoms with Gasteiger partial charge in [-0.3, -0.25) is 0 Å². The summed E-state index contributed by atoms with van der Waals surface area (Å²) in [7, 11) is 0. The van der Waals surface area contributed by atoms with Crippen molar-refractivity contribution in [1.82, 2.24) is 0 Å². The van der Waals surface area contributed by atoms with Crippen molar-refractivity contribution in [3.8, 4) is 0 Å². The Morgan fingerprint density at radius 1 is 1.06 bits per heavy atom. The molecule has 0 aliphatic rings. The Bertz CT molecular complexity index is 553. The lowest BCUT2D eigenvalue weighted by molar-refractivity contribution is 1.45. The summed E-state index contributed by atoms with van der Waals surface area (Å²) in [5.41, 5.74) is 9.01. The fraction of sp³-hybridized carbons (Fsp3) is 0.0769. The number of aryl methyl sites for hydroxylation is 1. The first-order valence-electron chi connectivity index (χ1n) is 5.14. The maximum absolute atomic E-state index is 6.14. The fourth-order valence-corrected chi connectivity index (χ4v) is 1.94. The van der Waals surface area contributed by atoms with Crippen molar-refractivity contribution in [3.05, 3.63) is 52.0 Å². The van der Waals surface area contributed by atoms with E-state index in [0.29, 0.717) is 15.7 Å². The van der Waals surface area contributed by atoms with Crippen LogP contribution in [-0.4, -0.2) is 0 Å². The van der Waals surface area contributed by atoms with Gasteiger partial charge in [0.15, 0.2) is 0 Å². The molecular weight excluding hydrogens is 255 g/mol. The molecule has 0 unspecified atom stereocenters. The maximum atomic E-state index is 6.14. The van der Waals surface area contributed by atoms with Crippen LogP contribution in [-0.2, 0) is 0 Å². The Morgan fingerprint density at radius 2 is 1.82 bits per heavy atom. The van der Waals surface area contributed by atoms with Gasteiger partial charge in [0.05, 0.1) is 10.7 Å². The van der Waals surface area contributed by atoms with Crippen molar-refractivity contribution in [2.75, 3.05) is 11.1 Å². The van der Waals surface area contributed by atoms with Gasteiger partial charge in [0.1, 0.15) is 0 Å². The zero-order valence-corrected chi connectivity index (χ0v) is 10.8. The van der Waals surface area contributed by atoms with E-state index in [0.717, 1.165) is 16.9 Å². The van der Waals surface area contributed by atoms with Crippen LogP contribution < -0.4 is 11.1 Å². The Kier molecular flexibility index (Phi) is 3.46. The fourth-order valence-electron chi connectivity index (χ4n) is 1.51. The van der Waals surface area contributed by atoms with Crippen molar-refractivity contribution in [2.24, 2.45) is 0 Å². The van der Waals surface area contributed by atoms with Crippen LogP contribution in [0.1, 0.15) is 5.56 Å². The Morgan fingerprint density at radius 3 is 2.53 bits per heavy atom. The minimum Gasteiger partial charge on any atom is -0.399 e. The third-order valence-electron chi connectivity index (χ3n) is 2.41. The molecular formula is C13H12Cl2N2. The molecule has 0 atom stereocenters. The smallest absolute Gasteiger partial charge is 0.0644 e. The van der Waals surface area contributed by atoms with Gasteiger partial charge in [0, 0.05) is 16.4 Å². The van der Waals surface area contributed by atoms with Crippen LogP contribution >= 0.6 is 23.2 Å². The topological polar surface area (TPSA) is 38.0 Å². The third-order valence-corrected chi connectivity index (χ3v) is 3.13. The minimum absolute atomic E-state index is 0.634. The summed E-state index contributed by atoms with van der Waals surface area (Å²) in [6, 6.07) is 11.1. The molecule has 17 heavy (non-hydrogen) atoms. The molecule has 2 aromatic carbocycles. The van der Waals surface area contributed by atoms with E-state index in [2.05, 4.69) is 5.32 Å². The number of hydrogen-bond donors (Lipinski definition) is 2. The van der Waals surface area contributed by atoms with E-state index < -0.39 is 0 Å². The molecule has 0 heterocycles. The Hall–Kier alpha value is -1.38. The van der Waals surface area contributed by atoms with Gasteiger partial charge in [0.2, 0.25) is 0 Å². The van der Waals surface area contributed by atoms with E-state index >= 15 is 0 Å². The summed E-state index contributed by atoms with van der Waals surface area (Å²) in [5.74, 6) is 0. The molecule has 88 valence electrons. The van der Waals surface area contributed by atoms with Crippen molar-refractivity contribution in [3.63, 3.8) is 0 Å². The summed E-state index contributed by atoms with van der Waals surface area (Å²) in [4.78, 5) is 0. The van der Waals surface area contributed by atoms with Crippen LogP contribution in [0.4, 0.5) is 17.1 Å². The van der Waals surface area contributed by atoms with Gasteiger partial charge in [-0.15, -0.1) is 0 Å². The van der Waals surface area contributed by atoms with E-state index in [1.54, 1.807) is 0 Å². The van der Waals surface area contributed by atoms with Gasteiger partial charge in [-0.1, -0.05) is 29.3 Å². The molecule has 4 heteroatoms. The number of halogens is 2. The molecule has 0 fully saturated rings. The lowest BCUT2D eigenvalue weighted by Crippen LogP contribution is -1.93. The molecule has 0 bridgehead atoms. The highest BCUT2D eigenvalue weighted by molar-refractivity contribution is 6.35. The van der Waals surface area contributed by atoms with Gasteiger partial charge in [-0.2, -0.15) is 0 Å². The maximum Gasteiger partial charge on any atom is 0.0644 e. The molecule has 0 aliphatic heterocycles. The second kappa shape index (κ2) is 4.86. The molecule has 0 saturated carbocycles. The molecule has 2 rings (SSSR count). The molecule has 2 aromatic rings. The zero-order valence-electron chi connectivity index (χ0n) is 9.30. The van der Waals surface area contributed by atoms with Crippen LogP contribution in [0.25, 0.3) is 0 Å². The summed E-state index contributed by atoms with van der Waals surface area (Å²) in [6.07, 6.45) is 0. The van der Waals surface area contributed by atoms with E-state index in [4.69, 9.17) is 28.9 Å². The first kappa shape index (κ1) is 12.1. The first-order chi connectivity index (χ1) is 8.06. The lowest BCUT2D eigenvalue weighted by atomic mass is 10.2. The summed E-state index contributed by atoms with van der Waals surface area (Å²) in [6.45, 7) is 1.92. The van der Waals surface area contributed by atoms with Gasteiger partial charge in [-0.25, -0.2) is 0 Å². The number of nitrogens with one attached hydrogen (secondary N) is 1. The summed E-state index contributed by atoms with van der Waals surface area (Å²) < 4.78 is 0. The predicted molar refractivity (Wildman–Crippen MR) is 75.3 cm³/mol. The quantitative estimate of drug-likeness (QED) is 0.778. The summed E-state index contributed by atoms with van der Waals surface area (Å²) >= 11 is 12.2. The molecule has 3 N–H and O–H groups in total. The number of benzene rings is 2. The minimum atomic E-state index is 0.634. The molecule has 0 saturated heterocycles. The predicted octanol–water partition coefficient (Wildman–Crippen LogP) is 4.63. The highest BCUT2D eigenvalue weighted by Gasteiger charge is 2.05. The normalized spacial score (nSPS) is 10.3. The van der Waals surface area contributed by atoms with Crippen molar-refractivity contribution in [1.29, 1.82) is 0 Å². The van der Waals surface area contributed by atoms with Crippen molar-refractivity contribution < 1.29 is 0 Å². The van der Waals surface area contributed by atoms with Crippen LogP contribution in [0.15, 0.2) is 36.4 Å². The summed E-state index contributed by atoms with van der Waals surface area (Å²) in [5, 5.41) is 4.50. The van der Waals surface area contributed by atoms with Crippen molar-refractivity contribution in [2.45, 2.75) is 6.92 Å². The largest absolute Gasteiger partial charge is 0.399 e. The lowest BCUT2D eigenvalue weighted by Gasteiger charge is -2.10. The van der Waals surface area contributed by atoms with Gasteiger partial charge >= 0.3 is 0 Å². The Balaban J connectivity index is 2.33. The van der Waals surface area contributed by atoms with E-state index in [1.807, 2.05) is 43.3 Å². The van der Waals surface area contributed by atoms with Gasteiger partial charge in [-0.05, 0) is 42.8 Å². The molecule has 0 aliphatic carbocycles. The standard InChI is InChI=1S/C13H12Cl2N2/c1-8-5-12(15)13(7-11(8)14)17-10-4-2-3-9(16)6-10/h2-7,17H,16H2,1H3. The van der Waals surface area contributed by atoms with Gasteiger partial charge < -0.3 is 11.1 Å². The van der Waals surface area contributed by atoms with Gasteiger partial charge in [0.25, 0.3) is 0 Å². The number of nitrogen functional groups attached to an aromatic ring is 1. The van der Waals surface area contributed by atoms with Crippen molar-refractivity contribution >= 4 is 40.3 Å². The van der Waals surface area contributed by atoms with E-state index in [9.17, 15) is 0 Å². The Labute approximate surface area is 110 Å². The second-order valence-corrected chi connectivity index (χ2v) is 4.65. The molecule has 0 aromatic heterocycles.